The van der Waals surface area contributed by atoms with Crippen molar-refractivity contribution in [1.82, 2.24) is 0 Å². The molecule has 1 rings (SSSR count). The molecule has 1 aromatic rings. The summed E-state index contributed by atoms with van der Waals surface area (Å²) in [6.07, 6.45) is 0.399. The van der Waals surface area contributed by atoms with E-state index >= 15 is 0 Å². The van der Waals surface area contributed by atoms with Gasteiger partial charge in [0, 0.05) is 11.5 Å². The molecule has 0 amide bonds. The average molecular weight is 235 g/mol. The van der Waals surface area contributed by atoms with Gasteiger partial charge in [-0.1, -0.05) is 26.0 Å². The van der Waals surface area contributed by atoms with Crippen LogP contribution in [0.2, 0.25) is 0 Å². The summed E-state index contributed by atoms with van der Waals surface area (Å²) < 4.78 is 0. The molecule has 1 aromatic carbocycles. The number of benzene rings is 1. The standard InChI is InChI=1S/C13H17NO3/c1-8(2)12(15)10-4-3-5-11(13(16)17)9(10)6-7-14/h3-5,8H,6-7,14H2,1-2H3,(H,16,17). The van der Waals surface area contributed by atoms with Gasteiger partial charge in [0.25, 0.3) is 0 Å². The van der Waals surface area contributed by atoms with Gasteiger partial charge in [-0.2, -0.15) is 0 Å². The molecule has 3 N–H and O–H groups in total. The van der Waals surface area contributed by atoms with Gasteiger partial charge < -0.3 is 10.8 Å². The molecule has 0 unspecified atom stereocenters. The van der Waals surface area contributed by atoms with Gasteiger partial charge in [-0.05, 0) is 24.6 Å². The summed E-state index contributed by atoms with van der Waals surface area (Å²) >= 11 is 0. The lowest BCUT2D eigenvalue weighted by Crippen LogP contribution is -2.16. The number of carbonyl (C=O) groups is 2. The van der Waals surface area contributed by atoms with Crippen LogP contribution in [0.15, 0.2) is 18.2 Å². The molecular formula is C13H17NO3. The van der Waals surface area contributed by atoms with Crippen LogP contribution in [0.25, 0.3) is 0 Å². The van der Waals surface area contributed by atoms with Crippen LogP contribution in [0.3, 0.4) is 0 Å². The number of hydrogen-bond acceptors (Lipinski definition) is 3. The Morgan fingerprint density at radius 1 is 1.29 bits per heavy atom. The zero-order valence-corrected chi connectivity index (χ0v) is 10.1. The number of rotatable bonds is 5. The van der Waals surface area contributed by atoms with E-state index in [1.807, 2.05) is 0 Å². The van der Waals surface area contributed by atoms with Gasteiger partial charge in [-0.3, -0.25) is 4.79 Å². The molecule has 4 nitrogen and oxygen atoms in total. The number of carbonyl (C=O) groups excluding carboxylic acids is 1. The first kappa shape index (κ1) is 13.4. The van der Waals surface area contributed by atoms with Crippen molar-refractivity contribution in [1.29, 1.82) is 0 Å². The van der Waals surface area contributed by atoms with Crippen LogP contribution in [0.1, 0.15) is 40.1 Å². The van der Waals surface area contributed by atoms with Crippen molar-refractivity contribution in [2.45, 2.75) is 20.3 Å². The highest BCUT2D eigenvalue weighted by Gasteiger charge is 2.19. The lowest BCUT2D eigenvalue weighted by molar-refractivity contribution is 0.0695. The molecular weight excluding hydrogens is 218 g/mol. The zero-order chi connectivity index (χ0) is 13.0. The minimum absolute atomic E-state index is 0.0449. The molecule has 0 bridgehead atoms. The van der Waals surface area contributed by atoms with Crippen LogP contribution in [-0.2, 0) is 6.42 Å². The summed E-state index contributed by atoms with van der Waals surface area (Å²) in [5.74, 6) is -1.22. The second kappa shape index (κ2) is 5.59. The molecule has 0 aliphatic heterocycles. The van der Waals surface area contributed by atoms with E-state index in [2.05, 4.69) is 0 Å². The number of ketones is 1. The fourth-order valence-electron chi connectivity index (χ4n) is 1.74. The van der Waals surface area contributed by atoms with Gasteiger partial charge in [0.1, 0.15) is 0 Å². The van der Waals surface area contributed by atoms with Crippen LogP contribution in [0.5, 0.6) is 0 Å². The van der Waals surface area contributed by atoms with E-state index in [-0.39, 0.29) is 17.3 Å². The SMILES string of the molecule is CC(C)C(=O)c1cccc(C(=O)O)c1CCN. The Hall–Kier alpha value is -1.68. The smallest absolute Gasteiger partial charge is 0.335 e. The van der Waals surface area contributed by atoms with Crippen molar-refractivity contribution in [2.75, 3.05) is 6.54 Å². The Balaban J connectivity index is 3.34. The Bertz CT molecular complexity index is 438. The van der Waals surface area contributed by atoms with Crippen molar-refractivity contribution < 1.29 is 14.7 Å². The lowest BCUT2D eigenvalue weighted by Gasteiger charge is -2.12. The first-order valence-corrected chi connectivity index (χ1v) is 5.58. The summed E-state index contributed by atoms with van der Waals surface area (Å²) in [4.78, 5) is 23.1. The molecule has 0 aromatic heterocycles. The van der Waals surface area contributed by atoms with E-state index in [4.69, 9.17) is 10.8 Å². The van der Waals surface area contributed by atoms with E-state index in [0.29, 0.717) is 24.1 Å². The molecule has 92 valence electrons. The van der Waals surface area contributed by atoms with Crippen molar-refractivity contribution in [3.63, 3.8) is 0 Å². The maximum absolute atomic E-state index is 12.0. The third kappa shape index (κ3) is 2.91. The number of nitrogens with two attached hydrogens (primary N) is 1. The Kier molecular flexibility index (Phi) is 4.40. The van der Waals surface area contributed by atoms with Crippen LogP contribution < -0.4 is 5.73 Å². The summed E-state index contributed by atoms with van der Waals surface area (Å²) in [6.45, 7) is 3.91. The van der Waals surface area contributed by atoms with Crippen LogP contribution in [-0.4, -0.2) is 23.4 Å². The van der Waals surface area contributed by atoms with Crippen LogP contribution in [0.4, 0.5) is 0 Å². The van der Waals surface area contributed by atoms with E-state index in [0.717, 1.165) is 0 Å². The number of carboxylic acids is 1. The summed E-state index contributed by atoms with van der Waals surface area (Å²) in [5, 5.41) is 9.08. The predicted molar refractivity (Wildman–Crippen MR) is 65.3 cm³/mol. The maximum Gasteiger partial charge on any atom is 0.335 e. The number of carboxylic acid groups (broad SMARTS) is 1. The third-order valence-corrected chi connectivity index (χ3v) is 2.59. The molecule has 4 heteroatoms. The monoisotopic (exact) mass is 235 g/mol. The summed E-state index contributed by atoms with van der Waals surface area (Å²) in [6, 6.07) is 4.77. The molecule has 0 saturated carbocycles. The highest BCUT2D eigenvalue weighted by Crippen LogP contribution is 2.19. The maximum atomic E-state index is 12.0. The quantitative estimate of drug-likeness (QED) is 0.761. The molecule has 0 heterocycles. The van der Waals surface area contributed by atoms with Gasteiger partial charge in [-0.15, -0.1) is 0 Å². The highest BCUT2D eigenvalue weighted by molar-refractivity contribution is 6.02. The van der Waals surface area contributed by atoms with Gasteiger partial charge in [0.05, 0.1) is 5.56 Å². The average Bonchev–Trinajstić information content (AvgIpc) is 2.28. The molecule has 17 heavy (non-hydrogen) atoms. The molecule has 0 spiro atoms. The molecule has 0 fully saturated rings. The topological polar surface area (TPSA) is 80.4 Å². The van der Waals surface area contributed by atoms with Crippen molar-refractivity contribution in [3.05, 3.63) is 34.9 Å². The van der Waals surface area contributed by atoms with E-state index in [9.17, 15) is 9.59 Å². The van der Waals surface area contributed by atoms with Crippen LogP contribution >= 0.6 is 0 Å². The third-order valence-electron chi connectivity index (χ3n) is 2.59. The first-order valence-electron chi connectivity index (χ1n) is 5.58. The van der Waals surface area contributed by atoms with E-state index in [1.165, 1.54) is 6.07 Å². The summed E-state index contributed by atoms with van der Waals surface area (Å²) in [7, 11) is 0. The van der Waals surface area contributed by atoms with Gasteiger partial charge in [0.15, 0.2) is 5.78 Å². The predicted octanol–water partition coefficient (Wildman–Crippen LogP) is 1.72. The molecule has 0 aliphatic carbocycles. The fourth-order valence-corrected chi connectivity index (χ4v) is 1.74. The normalized spacial score (nSPS) is 10.6. The van der Waals surface area contributed by atoms with Crippen molar-refractivity contribution in [2.24, 2.45) is 11.7 Å². The second-order valence-corrected chi connectivity index (χ2v) is 4.19. The zero-order valence-electron chi connectivity index (χ0n) is 10.1. The molecule has 0 saturated heterocycles. The number of aromatic carboxylic acids is 1. The van der Waals surface area contributed by atoms with Gasteiger partial charge >= 0.3 is 5.97 Å². The Morgan fingerprint density at radius 2 is 1.88 bits per heavy atom. The molecule has 0 aliphatic rings. The van der Waals surface area contributed by atoms with Gasteiger partial charge in [-0.25, -0.2) is 4.79 Å². The Labute approximate surface area is 100 Å². The number of Topliss-reactive ketones (excluding diaryl/α,β-unsaturated/α-hetero) is 1. The number of hydrogen-bond donors (Lipinski definition) is 2. The first-order chi connectivity index (χ1) is 7.99. The summed E-state index contributed by atoms with van der Waals surface area (Å²) in [5.41, 5.74) is 6.66. The fraction of sp³-hybridized carbons (Fsp3) is 0.385. The van der Waals surface area contributed by atoms with Crippen molar-refractivity contribution in [3.8, 4) is 0 Å². The van der Waals surface area contributed by atoms with E-state index in [1.54, 1.807) is 26.0 Å². The van der Waals surface area contributed by atoms with Gasteiger partial charge in [0.2, 0.25) is 0 Å². The minimum atomic E-state index is -1.02. The van der Waals surface area contributed by atoms with E-state index < -0.39 is 5.97 Å². The highest BCUT2D eigenvalue weighted by atomic mass is 16.4. The Morgan fingerprint density at radius 3 is 2.35 bits per heavy atom. The van der Waals surface area contributed by atoms with Crippen molar-refractivity contribution >= 4 is 11.8 Å². The molecule has 0 radical (unpaired) electrons. The largest absolute Gasteiger partial charge is 0.478 e. The van der Waals surface area contributed by atoms with Crippen LogP contribution in [0, 0.1) is 5.92 Å². The minimum Gasteiger partial charge on any atom is -0.478 e. The molecule has 0 atom stereocenters. The lowest BCUT2D eigenvalue weighted by atomic mass is 9.91. The second-order valence-electron chi connectivity index (χ2n) is 4.19.